The smallest absolute Gasteiger partial charge is 0.294 e. The van der Waals surface area contributed by atoms with Crippen molar-refractivity contribution >= 4 is 40.3 Å². The molecule has 0 saturated carbocycles. The molecule has 2 aromatic heterocycles. The first kappa shape index (κ1) is 19.5. The third-order valence-corrected chi connectivity index (χ3v) is 5.73. The number of imidazole rings is 1. The normalized spacial score (nSPS) is 11.1. The highest BCUT2D eigenvalue weighted by Gasteiger charge is 2.20. The molecule has 4 rings (SSSR count). The molecule has 3 N–H and O–H groups in total. The number of benzene rings is 2. The maximum Gasteiger partial charge on any atom is 0.294 e. The lowest BCUT2D eigenvalue weighted by atomic mass is 10.1. The van der Waals surface area contributed by atoms with E-state index < -0.39 is 0 Å². The van der Waals surface area contributed by atoms with Crippen LogP contribution in [0.25, 0.3) is 11.2 Å². The first-order valence-electron chi connectivity index (χ1n) is 8.83. The van der Waals surface area contributed by atoms with Crippen LogP contribution in [0.1, 0.15) is 5.56 Å². The van der Waals surface area contributed by atoms with Crippen molar-refractivity contribution in [1.29, 1.82) is 0 Å². The number of nitrogen functional groups attached to an aromatic ring is 1. The molecule has 0 aliphatic rings. The molecule has 0 spiro atoms. The lowest BCUT2D eigenvalue weighted by Crippen LogP contribution is -2.36. The zero-order valence-electron chi connectivity index (χ0n) is 15.5. The summed E-state index contributed by atoms with van der Waals surface area (Å²) in [6.07, 6.45) is 2.38. The molecule has 0 unspecified atom stereocenters. The van der Waals surface area contributed by atoms with E-state index in [1.807, 2.05) is 28.8 Å². The zero-order valence-corrected chi connectivity index (χ0v) is 17.1. The largest absolute Gasteiger partial charge is 0.496 e. The highest BCUT2D eigenvalue weighted by molar-refractivity contribution is 7.99. The predicted molar refractivity (Wildman–Crippen MR) is 111 cm³/mol. The van der Waals surface area contributed by atoms with Gasteiger partial charge in [0.2, 0.25) is 17.3 Å². The first-order valence-corrected chi connectivity index (χ1v) is 10.0. The summed E-state index contributed by atoms with van der Waals surface area (Å²) < 4.78 is 20.9. The molecule has 29 heavy (non-hydrogen) atoms. The van der Waals surface area contributed by atoms with Crippen molar-refractivity contribution in [1.82, 2.24) is 15.0 Å². The van der Waals surface area contributed by atoms with Gasteiger partial charge in [-0.3, -0.25) is 0 Å². The van der Waals surface area contributed by atoms with Crippen LogP contribution in [0.3, 0.4) is 0 Å². The SMILES string of the molecule is COc1ccc(F)cc1Sc1nc2c([nH]1)c(N)nc[n+]2CCc1ccccc1Cl. The topological polar surface area (TPSA) is 80.7 Å². The van der Waals surface area contributed by atoms with E-state index in [0.29, 0.717) is 39.3 Å². The molecule has 0 amide bonds. The number of anilines is 1. The van der Waals surface area contributed by atoms with Crippen LogP contribution in [-0.2, 0) is 13.0 Å². The minimum Gasteiger partial charge on any atom is -0.496 e. The van der Waals surface area contributed by atoms with E-state index in [2.05, 4.69) is 15.0 Å². The molecule has 0 aliphatic heterocycles. The van der Waals surface area contributed by atoms with Gasteiger partial charge in [-0.15, -0.1) is 0 Å². The number of hydrogen-bond acceptors (Lipinski definition) is 5. The summed E-state index contributed by atoms with van der Waals surface area (Å²) in [5.41, 5.74) is 8.37. The van der Waals surface area contributed by atoms with Gasteiger partial charge in [0.1, 0.15) is 11.6 Å². The Balaban J connectivity index is 1.65. The van der Waals surface area contributed by atoms with Crippen molar-refractivity contribution in [2.75, 3.05) is 12.8 Å². The van der Waals surface area contributed by atoms with E-state index in [-0.39, 0.29) is 5.82 Å². The molecule has 0 saturated heterocycles. The average molecular weight is 431 g/mol. The summed E-state index contributed by atoms with van der Waals surface area (Å²) in [5.74, 6) is 0.564. The maximum atomic E-state index is 13.7. The summed E-state index contributed by atoms with van der Waals surface area (Å²) in [5, 5.41) is 1.29. The Morgan fingerprint density at radius 3 is 2.90 bits per heavy atom. The van der Waals surface area contributed by atoms with E-state index in [9.17, 15) is 4.39 Å². The number of rotatable bonds is 6. The molecular weight excluding hydrogens is 413 g/mol. The lowest BCUT2D eigenvalue weighted by Gasteiger charge is -2.05. The van der Waals surface area contributed by atoms with Crippen LogP contribution in [0, 0.1) is 5.82 Å². The van der Waals surface area contributed by atoms with Gasteiger partial charge < -0.3 is 15.5 Å². The third kappa shape index (κ3) is 4.13. The molecule has 4 aromatic rings. The summed E-state index contributed by atoms with van der Waals surface area (Å²) in [4.78, 5) is 12.7. The first-order chi connectivity index (χ1) is 14.0. The summed E-state index contributed by atoms with van der Waals surface area (Å²) in [6.45, 7) is 0.631. The zero-order chi connectivity index (χ0) is 20.4. The van der Waals surface area contributed by atoms with Crippen LogP contribution < -0.4 is 15.0 Å². The molecule has 0 radical (unpaired) electrons. The molecule has 148 valence electrons. The number of nitrogens with one attached hydrogen (secondary N) is 1. The van der Waals surface area contributed by atoms with Crippen molar-refractivity contribution in [3.63, 3.8) is 0 Å². The number of fused-ring (bicyclic) bond motifs is 1. The number of nitrogens with zero attached hydrogens (tertiary/aromatic N) is 3. The number of methoxy groups -OCH3 is 1. The average Bonchev–Trinajstić information content (AvgIpc) is 3.13. The number of ether oxygens (including phenoxy) is 1. The van der Waals surface area contributed by atoms with Crippen LogP contribution in [-0.4, -0.2) is 22.1 Å². The molecule has 0 bridgehead atoms. The van der Waals surface area contributed by atoms with Gasteiger partial charge in [0.05, 0.1) is 18.6 Å². The van der Waals surface area contributed by atoms with Gasteiger partial charge in [-0.2, -0.15) is 0 Å². The second-order valence-corrected chi connectivity index (χ2v) is 7.74. The molecule has 0 fully saturated rings. The van der Waals surface area contributed by atoms with Gasteiger partial charge >= 0.3 is 0 Å². The summed E-state index contributed by atoms with van der Waals surface area (Å²) in [6, 6.07) is 12.1. The lowest BCUT2D eigenvalue weighted by molar-refractivity contribution is -0.675. The van der Waals surface area contributed by atoms with Crippen molar-refractivity contribution in [3.8, 4) is 5.75 Å². The maximum absolute atomic E-state index is 13.7. The van der Waals surface area contributed by atoms with Crippen LogP contribution in [0.5, 0.6) is 5.75 Å². The Labute approximate surface area is 175 Å². The van der Waals surface area contributed by atoms with Crippen molar-refractivity contribution in [2.45, 2.75) is 23.0 Å². The molecule has 2 heterocycles. The van der Waals surface area contributed by atoms with Crippen molar-refractivity contribution in [3.05, 3.63) is 65.2 Å². The highest BCUT2D eigenvalue weighted by Crippen LogP contribution is 2.34. The van der Waals surface area contributed by atoms with Crippen LogP contribution in [0.4, 0.5) is 10.2 Å². The number of aromatic nitrogens is 4. The minimum atomic E-state index is -0.347. The molecule has 0 aliphatic carbocycles. The van der Waals surface area contributed by atoms with Crippen LogP contribution >= 0.6 is 23.4 Å². The Bertz CT molecular complexity index is 1180. The predicted octanol–water partition coefficient (Wildman–Crippen LogP) is 4.02. The standard InChI is InChI=1S/C20H17ClFN5OS/c1-28-15-7-6-13(22)10-16(15)29-20-25-17-18(23)24-11-27(19(17)26-20)9-8-12-4-2-3-5-14(12)21/h2-7,10-11H,8-9H2,1H3,(H2,23,25,26)/p+1. The molecule has 6 nitrogen and oxygen atoms in total. The van der Waals surface area contributed by atoms with E-state index in [4.69, 9.17) is 22.1 Å². The number of hydrogen-bond donors (Lipinski definition) is 2. The summed E-state index contributed by atoms with van der Waals surface area (Å²) in [7, 11) is 1.54. The third-order valence-electron chi connectivity index (χ3n) is 4.44. The quantitative estimate of drug-likeness (QED) is 0.451. The molecule has 9 heteroatoms. The van der Waals surface area contributed by atoms with Crippen molar-refractivity contribution in [2.24, 2.45) is 0 Å². The van der Waals surface area contributed by atoms with Gasteiger partial charge in [-0.05, 0) is 41.6 Å². The van der Waals surface area contributed by atoms with Gasteiger partial charge in [-0.25, -0.2) is 8.96 Å². The van der Waals surface area contributed by atoms with E-state index in [1.165, 1.54) is 23.9 Å². The number of halogens is 2. The molecule has 0 atom stereocenters. The van der Waals surface area contributed by atoms with Crippen LogP contribution in [0.2, 0.25) is 5.02 Å². The number of aromatic amines is 1. The van der Waals surface area contributed by atoms with Gasteiger partial charge in [0, 0.05) is 11.4 Å². The fourth-order valence-corrected chi connectivity index (χ4v) is 4.12. The second kappa shape index (κ2) is 8.26. The number of H-pyrrole nitrogens is 1. The number of nitrogens with two attached hydrogens (primary N) is 1. The molecular formula is C20H18ClFN5OS+. The van der Waals surface area contributed by atoms with Gasteiger partial charge in [0.25, 0.3) is 5.65 Å². The van der Waals surface area contributed by atoms with Crippen molar-refractivity contribution < 1.29 is 13.7 Å². The van der Waals surface area contributed by atoms with Gasteiger partial charge in [-0.1, -0.05) is 39.8 Å². The molecule has 2 aromatic carbocycles. The van der Waals surface area contributed by atoms with E-state index in [0.717, 1.165) is 17.0 Å². The van der Waals surface area contributed by atoms with E-state index in [1.54, 1.807) is 19.5 Å². The Morgan fingerprint density at radius 1 is 1.28 bits per heavy atom. The summed E-state index contributed by atoms with van der Waals surface area (Å²) >= 11 is 7.52. The van der Waals surface area contributed by atoms with Crippen LogP contribution in [0.15, 0.2) is 58.8 Å². The fourth-order valence-electron chi connectivity index (χ4n) is 2.97. The fraction of sp³-hybridized carbons (Fsp3) is 0.150. The minimum absolute atomic E-state index is 0.347. The Kier molecular flexibility index (Phi) is 5.55. The Morgan fingerprint density at radius 2 is 2.10 bits per heavy atom. The van der Waals surface area contributed by atoms with E-state index >= 15 is 0 Å². The Hall–Kier alpha value is -2.84. The monoisotopic (exact) mass is 430 g/mol. The highest BCUT2D eigenvalue weighted by atomic mass is 35.5. The number of aryl methyl sites for hydroxylation is 2. The van der Waals surface area contributed by atoms with Gasteiger partial charge in [0.15, 0.2) is 5.52 Å². The second-order valence-electron chi connectivity index (χ2n) is 6.30.